The average Bonchev–Trinajstić information content (AvgIpc) is 2.76. The van der Waals surface area contributed by atoms with Crippen molar-refractivity contribution in [2.24, 2.45) is 7.05 Å². The fourth-order valence-corrected chi connectivity index (χ4v) is 2.78. The summed E-state index contributed by atoms with van der Waals surface area (Å²) in [4.78, 5) is 0. The van der Waals surface area contributed by atoms with Crippen molar-refractivity contribution in [3.05, 3.63) is 53.3 Å². The summed E-state index contributed by atoms with van der Waals surface area (Å²) in [5.74, 6) is 0.678. The van der Waals surface area contributed by atoms with Gasteiger partial charge in [-0.2, -0.15) is 5.10 Å². The van der Waals surface area contributed by atoms with Crippen molar-refractivity contribution in [3.8, 4) is 0 Å². The molecular formula is C15H19N3. The van der Waals surface area contributed by atoms with Crippen LogP contribution in [-0.4, -0.2) is 16.3 Å². The van der Waals surface area contributed by atoms with Crippen molar-refractivity contribution in [1.29, 1.82) is 0 Å². The van der Waals surface area contributed by atoms with Crippen LogP contribution in [0.5, 0.6) is 0 Å². The van der Waals surface area contributed by atoms with E-state index in [-0.39, 0.29) is 0 Å². The van der Waals surface area contributed by atoms with Crippen LogP contribution in [-0.2, 0) is 13.5 Å². The molecular weight excluding hydrogens is 222 g/mol. The number of nitrogens with zero attached hydrogens (tertiary/aromatic N) is 2. The van der Waals surface area contributed by atoms with E-state index in [2.05, 4.69) is 47.7 Å². The second-order valence-electron chi connectivity index (χ2n) is 5.11. The summed E-state index contributed by atoms with van der Waals surface area (Å²) in [6.07, 6.45) is 3.06. The summed E-state index contributed by atoms with van der Waals surface area (Å²) in [7, 11) is 1.99. The lowest BCUT2D eigenvalue weighted by Crippen LogP contribution is -2.31. The highest BCUT2D eigenvalue weighted by atomic mass is 15.3. The Balaban J connectivity index is 1.59. The Hall–Kier alpha value is -1.61. The molecule has 0 saturated heterocycles. The molecule has 3 heteroatoms. The van der Waals surface area contributed by atoms with Gasteiger partial charge in [0.1, 0.15) is 0 Å². The first-order valence-corrected chi connectivity index (χ1v) is 6.55. The molecule has 18 heavy (non-hydrogen) atoms. The van der Waals surface area contributed by atoms with Crippen LogP contribution in [0.2, 0.25) is 0 Å². The van der Waals surface area contributed by atoms with Crippen LogP contribution < -0.4 is 5.32 Å². The molecule has 0 radical (unpaired) electrons. The minimum absolute atomic E-state index is 0.352. The average molecular weight is 241 g/mol. The van der Waals surface area contributed by atoms with Gasteiger partial charge in [0.25, 0.3) is 0 Å². The highest BCUT2D eigenvalue weighted by Crippen LogP contribution is 2.34. The molecule has 2 atom stereocenters. The van der Waals surface area contributed by atoms with Crippen molar-refractivity contribution in [2.75, 3.05) is 6.54 Å². The predicted octanol–water partition coefficient (Wildman–Crippen LogP) is 2.41. The second-order valence-corrected chi connectivity index (χ2v) is 5.11. The van der Waals surface area contributed by atoms with Gasteiger partial charge in [-0.25, -0.2) is 0 Å². The highest BCUT2D eigenvalue weighted by molar-refractivity contribution is 5.40. The van der Waals surface area contributed by atoms with Gasteiger partial charge in [-0.3, -0.25) is 4.68 Å². The van der Waals surface area contributed by atoms with Gasteiger partial charge >= 0.3 is 0 Å². The largest absolute Gasteiger partial charge is 0.308 e. The van der Waals surface area contributed by atoms with Crippen LogP contribution in [0.15, 0.2) is 36.5 Å². The van der Waals surface area contributed by atoms with Crippen LogP contribution in [0, 0.1) is 0 Å². The Morgan fingerprint density at radius 3 is 2.94 bits per heavy atom. The minimum Gasteiger partial charge on any atom is -0.308 e. The summed E-state index contributed by atoms with van der Waals surface area (Å²) < 4.78 is 1.94. The normalized spacial score (nSPS) is 19.1. The molecule has 0 fully saturated rings. The van der Waals surface area contributed by atoms with Gasteiger partial charge in [-0.1, -0.05) is 24.3 Å². The zero-order valence-electron chi connectivity index (χ0n) is 10.9. The maximum atomic E-state index is 4.21. The van der Waals surface area contributed by atoms with E-state index in [0.29, 0.717) is 12.0 Å². The smallest absolute Gasteiger partial charge is 0.0547 e. The van der Waals surface area contributed by atoms with Crippen molar-refractivity contribution >= 4 is 0 Å². The van der Waals surface area contributed by atoms with Gasteiger partial charge in [-0.05, 0) is 30.5 Å². The van der Waals surface area contributed by atoms with Crippen LogP contribution in [0.4, 0.5) is 0 Å². The first-order chi connectivity index (χ1) is 8.75. The predicted molar refractivity (Wildman–Crippen MR) is 72.5 cm³/mol. The lowest BCUT2D eigenvalue weighted by Gasteiger charge is -2.31. The Bertz CT molecular complexity index is 544. The van der Waals surface area contributed by atoms with E-state index in [1.165, 1.54) is 23.2 Å². The van der Waals surface area contributed by atoms with Gasteiger partial charge in [0, 0.05) is 31.7 Å². The van der Waals surface area contributed by atoms with Crippen LogP contribution >= 0.6 is 0 Å². The van der Waals surface area contributed by atoms with Crippen molar-refractivity contribution < 1.29 is 0 Å². The first kappa shape index (κ1) is 11.5. The van der Waals surface area contributed by atoms with Crippen molar-refractivity contribution in [1.82, 2.24) is 15.1 Å². The summed E-state index contributed by atoms with van der Waals surface area (Å²) in [6, 6.07) is 11.2. The molecule has 0 spiro atoms. The van der Waals surface area contributed by atoms with Gasteiger partial charge < -0.3 is 5.32 Å². The topological polar surface area (TPSA) is 29.9 Å². The number of nitrogens with one attached hydrogen (secondary N) is 1. The molecule has 1 N–H and O–H groups in total. The number of hydrogen-bond acceptors (Lipinski definition) is 2. The molecule has 2 aromatic rings. The van der Waals surface area contributed by atoms with E-state index in [1.54, 1.807) is 0 Å². The van der Waals surface area contributed by atoms with Crippen molar-refractivity contribution in [2.45, 2.75) is 25.3 Å². The molecule has 0 aliphatic heterocycles. The van der Waals surface area contributed by atoms with E-state index in [4.69, 9.17) is 0 Å². The Kier molecular flexibility index (Phi) is 2.92. The van der Waals surface area contributed by atoms with E-state index in [9.17, 15) is 0 Å². The third kappa shape index (κ3) is 1.95. The monoisotopic (exact) mass is 241 g/mol. The minimum atomic E-state index is 0.352. The fraction of sp³-hybridized carbons (Fsp3) is 0.400. The quantitative estimate of drug-likeness (QED) is 0.891. The van der Waals surface area contributed by atoms with E-state index < -0.39 is 0 Å². The molecule has 0 bridgehead atoms. The Morgan fingerprint density at radius 2 is 2.22 bits per heavy atom. The van der Waals surface area contributed by atoms with Crippen molar-refractivity contribution in [3.63, 3.8) is 0 Å². The lowest BCUT2D eigenvalue weighted by atomic mass is 9.77. The number of fused-ring (bicyclic) bond motifs is 1. The molecule has 1 aromatic carbocycles. The molecule has 94 valence electrons. The second kappa shape index (κ2) is 4.58. The first-order valence-electron chi connectivity index (χ1n) is 6.55. The highest BCUT2D eigenvalue weighted by Gasteiger charge is 2.25. The van der Waals surface area contributed by atoms with Gasteiger partial charge in [0.2, 0.25) is 0 Å². The van der Waals surface area contributed by atoms with E-state index >= 15 is 0 Å². The van der Waals surface area contributed by atoms with Gasteiger partial charge in [-0.15, -0.1) is 0 Å². The van der Waals surface area contributed by atoms with Gasteiger partial charge in [0.15, 0.2) is 0 Å². The van der Waals surface area contributed by atoms with E-state index in [1.807, 2.05) is 17.9 Å². The maximum absolute atomic E-state index is 4.21. The summed E-state index contributed by atoms with van der Waals surface area (Å²) in [5.41, 5.74) is 4.27. The summed E-state index contributed by atoms with van der Waals surface area (Å²) in [6.45, 7) is 3.24. The Labute approximate surface area is 108 Å². The third-order valence-corrected chi connectivity index (χ3v) is 3.93. The number of benzene rings is 1. The van der Waals surface area contributed by atoms with Crippen LogP contribution in [0.1, 0.15) is 35.7 Å². The molecule has 0 saturated carbocycles. The number of hydrogen-bond donors (Lipinski definition) is 1. The summed E-state index contributed by atoms with van der Waals surface area (Å²) in [5, 5.41) is 7.82. The standard InChI is InChI=1S/C15H19N3/c1-11(15-7-8-17-18(15)2)16-10-13-9-12-5-3-4-6-14(12)13/h3-8,11,13,16H,9-10H2,1-2H3. The van der Waals surface area contributed by atoms with Gasteiger partial charge in [0.05, 0.1) is 5.69 Å². The third-order valence-electron chi connectivity index (χ3n) is 3.93. The molecule has 1 heterocycles. The molecule has 1 aromatic heterocycles. The van der Waals surface area contributed by atoms with Crippen LogP contribution in [0.25, 0.3) is 0 Å². The zero-order valence-corrected chi connectivity index (χ0v) is 10.9. The number of rotatable bonds is 4. The molecule has 3 rings (SSSR count). The molecule has 0 amide bonds. The lowest BCUT2D eigenvalue weighted by molar-refractivity contribution is 0.471. The molecule has 2 unspecified atom stereocenters. The van der Waals surface area contributed by atoms with E-state index in [0.717, 1.165) is 6.54 Å². The number of aryl methyl sites for hydroxylation is 1. The fourth-order valence-electron chi connectivity index (χ4n) is 2.78. The molecule has 1 aliphatic rings. The summed E-state index contributed by atoms with van der Waals surface area (Å²) >= 11 is 0. The zero-order chi connectivity index (χ0) is 12.5. The molecule has 3 nitrogen and oxygen atoms in total. The SMILES string of the molecule is CC(NCC1Cc2ccccc21)c1ccnn1C. The Morgan fingerprint density at radius 1 is 1.39 bits per heavy atom. The van der Waals surface area contributed by atoms with Crippen LogP contribution in [0.3, 0.4) is 0 Å². The number of aromatic nitrogens is 2. The maximum Gasteiger partial charge on any atom is 0.0547 e. The molecule has 1 aliphatic carbocycles.